The van der Waals surface area contributed by atoms with Gasteiger partial charge in [0.1, 0.15) is 0 Å². The molecule has 0 unspecified atom stereocenters. The molecule has 0 bridgehead atoms. The fourth-order valence-corrected chi connectivity index (χ4v) is 2.17. The van der Waals surface area contributed by atoms with Gasteiger partial charge in [0, 0.05) is 29.1 Å². The predicted octanol–water partition coefficient (Wildman–Crippen LogP) is 4.82. The maximum Gasteiger partial charge on any atom is 0.187 e. The molecule has 0 heterocycles. The van der Waals surface area contributed by atoms with Crippen molar-refractivity contribution in [3.8, 4) is 0 Å². The highest BCUT2D eigenvalue weighted by Gasteiger charge is 2.04. The molecule has 0 amide bonds. The Labute approximate surface area is 137 Å². The Morgan fingerprint density at radius 2 is 1.70 bits per heavy atom. The van der Waals surface area contributed by atoms with E-state index in [9.17, 15) is 9.59 Å². The van der Waals surface area contributed by atoms with Gasteiger partial charge in [0.15, 0.2) is 11.6 Å². The maximum atomic E-state index is 12.1. The number of hydrogen-bond acceptors (Lipinski definition) is 3. The molecule has 0 aliphatic heterocycles. The molecule has 3 heteroatoms. The Hall–Kier alpha value is -2.68. The first-order valence-corrected chi connectivity index (χ1v) is 7.66. The molecular formula is C20H21NO2. The Morgan fingerprint density at radius 3 is 2.30 bits per heavy atom. The van der Waals surface area contributed by atoms with E-state index in [0.717, 1.165) is 5.69 Å². The number of allylic oxidation sites excluding steroid dienone is 1. The number of rotatable bonds is 6. The van der Waals surface area contributed by atoms with Crippen LogP contribution in [-0.4, -0.2) is 11.6 Å². The Kier molecular flexibility index (Phi) is 5.47. The highest BCUT2D eigenvalue weighted by Crippen LogP contribution is 2.15. The van der Waals surface area contributed by atoms with Gasteiger partial charge in [-0.05, 0) is 30.5 Å². The summed E-state index contributed by atoms with van der Waals surface area (Å²) in [6.45, 7) is 5.77. The van der Waals surface area contributed by atoms with Crippen molar-refractivity contribution in [2.45, 2.75) is 26.7 Å². The van der Waals surface area contributed by atoms with E-state index in [1.54, 1.807) is 24.4 Å². The van der Waals surface area contributed by atoms with Crippen molar-refractivity contribution in [3.63, 3.8) is 0 Å². The van der Waals surface area contributed by atoms with Gasteiger partial charge in [-0.15, -0.1) is 0 Å². The highest BCUT2D eigenvalue weighted by atomic mass is 16.1. The smallest absolute Gasteiger partial charge is 0.187 e. The van der Waals surface area contributed by atoms with Crippen molar-refractivity contribution in [1.29, 1.82) is 0 Å². The van der Waals surface area contributed by atoms with Gasteiger partial charge in [-0.25, -0.2) is 0 Å². The van der Waals surface area contributed by atoms with Crippen molar-refractivity contribution in [2.75, 3.05) is 5.32 Å². The maximum absolute atomic E-state index is 12.1. The van der Waals surface area contributed by atoms with Gasteiger partial charge in [-0.2, -0.15) is 0 Å². The lowest BCUT2D eigenvalue weighted by Crippen LogP contribution is -1.98. The highest BCUT2D eigenvalue weighted by molar-refractivity contribution is 6.04. The number of nitrogens with one attached hydrogen (secondary N) is 1. The van der Waals surface area contributed by atoms with Crippen LogP contribution in [0.5, 0.6) is 0 Å². The molecule has 118 valence electrons. The zero-order chi connectivity index (χ0) is 16.8. The fraction of sp³-hybridized carbons (Fsp3) is 0.200. The van der Waals surface area contributed by atoms with Crippen LogP contribution < -0.4 is 5.32 Å². The van der Waals surface area contributed by atoms with Crippen LogP contribution in [0.25, 0.3) is 0 Å². The third kappa shape index (κ3) is 4.65. The first-order valence-electron chi connectivity index (χ1n) is 7.66. The van der Waals surface area contributed by atoms with Gasteiger partial charge < -0.3 is 5.32 Å². The number of hydrogen-bond donors (Lipinski definition) is 1. The summed E-state index contributed by atoms with van der Waals surface area (Å²) < 4.78 is 0. The number of anilines is 1. The molecule has 0 saturated carbocycles. The number of carbonyl (C=O) groups excluding carboxylic acids is 2. The summed E-state index contributed by atoms with van der Waals surface area (Å²) in [5.41, 5.74) is 3.28. The van der Waals surface area contributed by atoms with Gasteiger partial charge in [0.05, 0.1) is 0 Å². The minimum atomic E-state index is -0.0597. The second kappa shape index (κ2) is 7.54. The van der Waals surface area contributed by atoms with Gasteiger partial charge in [-0.3, -0.25) is 9.59 Å². The topological polar surface area (TPSA) is 46.2 Å². The summed E-state index contributed by atoms with van der Waals surface area (Å²) in [6.07, 6.45) is 3.09. The first-order chi connectivity index (χ1) is 11.0. The van der Waals surface area contributed by atoms with Gasteiger partial charge in [0.2, 0.25) is 0 Å². The monoisotopic (exact) mass is 307 g/mol. The molecule has 0 saturated heterocycles. The number of benzene rings is 2. The molecule has 0 atom stereocenters. The molecule has 2 aromatic rings. The standard InChI is InChI=1S/C20H21NO2/c1-14(2)16-7-9-17(10-8-16)20(23)11-12-21-19-6-4-5-18(13-19)15(3)22/h4-14,21H,1-3H3. The van der Waals surface area contributed by atoms with Crippen LogP contribution in [0, 0.1) is 0 Å². The fourth-order valence-electron chi connectivity index (χ4n) is 2.17. The average molecular weight is 307 g/mol. The minimum Gasteiger partial charge on any atom is -0.362 e. The predicted molar refractivity (Wildman–Crippen MR) is 94.1 cm³/mol. The summed E-state index contributed by atoms with van der Waals surface area (Å²) in [6, 6.07) is 14.8. The summed E-state index contributed by atoms with van der Waals surface area (Å²) in [5.74, 6) is 0.402. The second-order valence-corrected chi connectivity index (χ2v) is 5.76. The molecule has 0 aliphatic rings. The van der Waals surface area contributed by atoms with E-state index in [1.165, 1.54) is 18.6 Å². The Morgan fingerprint density at radius 1 is 1.00 bits per heavy atom. The third-order valence-electron chi connectivity index (χ3n) is 3.62. The minimum absolute atomic E-state index is 0.0129. The third-order valence-corrected chi connectivity index (χ3v) is 3.62. The van der Waals surface area contributed by atoms with Crippen LogP contribution in [0.15, 0.2) is 60.8 Å². The number of carbonyl (C=O) groups is 2. The summed E-state index contributed by atoms with van der Waals surface area (Å²) in [7, 11) is 0. The van der Waals surface area contributed by atoms with Crippen LogP contribution in [0.1, 0.15) is 53.0 Å². The van der Waals surface area contributed by atoms with Crippen LogP contribution in [0.4, 0.5) is 5.69 Å². The molecule has 3 nitrogen and oxygen atoms in total. The van der Waals surface area contributed by atoms with Gasteiger partial charge >= 0.3 is 0 Å². The van der Waals surface area contributed by atoms with Crippen molar-refractivity contribution in [1.82, 2.24) is 0 Å². The SMILES string of the molecule is CC(=O)c1cccc(NC=CC(=O)c2ccc(C(C)C)cc2)c1. The van der Waals surface area contributed by atoms with E-state index in [1.807, 2.05) is 30.3 Å². The molecule has 0 fully saturated rings. The largest absolute Gasteiger partial charge is 0.362 e. The van der Waals surface area contributed by atoms with E-state index < -0.39 is 0 Å². The van der Waals surface area contributed by atoms with Crippen molar-refractivity contribution in [3.05, 3.63) is 77.5 Å². The van der Waals surface area contributed by atoms with Crippen molar-refractivity contribution >= 4 is 17.3 Å². The van der Waals surface area contributed by atoms with E-state index in [2.05, 4.69) is 19.2 Å². The zero-order valence-corrected chi connectivity index (χ0v) is 13.7. The van der Waals surface area contributed by atoms with Crippen LogP contribution in [0.2, 0.25) is 0 Å². The number of Topliss-reactive ketones (excluding diaryl/α,β-unsaturated/α-hetero) is 1. The molecule has 2 rings (SSSR count). The van der Waals surface area contributed by atoms with Crippen LogP contribution in [-0.2, 0) is 0 Å². The number of ketones is 2. The molecular weight excluding hydrogens is 286 g/mol. The summed E-state index contributed by atoms with van der Waals surface area (Å²) in [4.78, 5) is 23.5. The molecule has 1 N–H and O–H groups in total. The van der Waals surface area contributed by atoms with E-state index in [4.69, 9.17) is 0 Å². The van der Waals surface area contributed by atoms with E-state index in [-0.39, 0.29) is 11.6 Å². The Balaban J connectivity index is 2.01. The molecule has 0 aromatic heterocycles. The Bertz CT molecular complexity index is 728. The van der Waals surface area contributed by atoms with Gasteiger partial charge in [0.25, 0.3) is 0 Å². The average Bonchev–Trinajstić information content (AvgIpc) is 2.55. The zero-order valence-electron chi connectivity index (χ0n) is 13.7. The van der Waals surface area contributed by atoms with Gasteiger partial charge in [-0.1, -0.05) is 50.2 Å². The molecule has 0 aliphatic carbocycles. The van der Waals surface area contributed by atoms with Crippen molar-refractivity contribution in [2.24, 2.45) is 0 Å². The molecule has 23 heavy (non-hydrogen) atoms. The lowest BCUT2D eigenvalue weighted by atomic mass is 10.0. The van der Waals surface area contributed by atoms with E-state index >= 15 is 0 Å². The first kappa shape index (κ1) is 16.7. The van der Waals surface area contributed by atoms with Crippen LogP contribution in [0.3, 0.4) is 0 Å². The second-order valence-electron chi connectivity index (χ2n) is 5.76. The lowest BCUT2D eigenvalue weighted by molar-refractivity contribution is 0.101. The van der Waals surface area contributed by atoms with Crippen LogP contribution >= 0.6 is 0 Å². The molecule has 2 aromatic carbocycles. The summed E-state index contributed by atoms with van der Waals surface area (Å²) in [5, 5.41) is 3.02. The molecule has 0 spiro atoms. The van der Waals surface area contributed by atoms with Crippen molar-refractivity contribution < 1.29 is 9.59 Å². The lowest BCUT2D eigenvalue weighted by Gasteiger charge is -2.05. The normalized spacial score (nSPS) is 11.0. The molecule has 0 radical (unpaired) electrons. The summed E-state index contributed by atoms with van der Waals surface area (Å²) >= 11 is 0. The quantitative estimate of drug-likeness (QED) is 0.614. The van der Waals surface area contributed by atoms with E-state index in [0.29, 0.717) is 17.0 Å².